The van der Waals surface area contributed by atoms with Crippen molar-refractivity contribution in [1.29, 1.82) is 0 Å². The van der Waals surface area contributed by atoms with Crippen molar-refractivity contribution in [2.24, 2.45) is 0 Å². The van der Waals surface area contributed by atoms with Gasteiger partial charge in [0.05, 0.1) is 12.5 Å². The van der Waals surface area contributed by atoms with Crippen LogP contribution in [-0.4, -0.2) is 45.7 Å². The van der Waals surface area contributed by atoms with Gasteiger partial charge in [0.2, 0.25) is 5.91 Å². The quantitative estimate of drug-likeness (QED) is 0.850. The number of carboxylic acids is 1. The molecule has 1 heterocycles. The third-order valence-electron chi connectivity index (χ3n) is 3.27. The van der Waals surface area contributed by atoms with Crippen LogP contribution in [0.15, 0.2) is 18.2 Å². The first-order chi connectivity index (χ1) is 9.40. The van der Waals surface area contributed by atoms with Gasteiger partial charge in [-0.05, 0) is 12.1 Å². The second-order valence-electron chi connectivity index (χ2n) is 4.67. The zero-order valence-electron chi connectivity index (χ0n) is 10.4. The third-order valence-corrected chi connectivity index (χ3v) is 3.27. The standard InChI is InChI=1S/C13H13F2NO4/c14-9-2-1-3-10(15)8(9)5-12(18)16-6-7(17)4-11(16)13(19)20/h1-3,7,11,17H,4-6H2,(H,19,20)/t7-,11-/m0/s1. The van der Waals surface area contributed by atoms with Crippen molar-refractivity contribution in [3.05, 3.63) is 35.4 Å². The van der Waals surface area contributed by atoms with Crippen molar-refractivity contribution in [3.63, 3.8) is 0 Å². The van der Waals surface area contributed by atoms with Gasteiger partial charge in [0.15, 0.2) is 0 Å². The van der Waals surface area contributed by atoms with Gasteiger partial charge in [0.1, 0.15) is 17.7 Å². The maximum Gasteiger partial charge on any atom is 0.326 e. The van der Waals surface area contributed by atoms with Crippen molar-refractivity contribution in [1.82, 2.24) is 4.90 Å². The summed E-state index contributed by atoms with van der Waals surface area (Å²) in [6.07, 6.45) is -1.60. The predicted octanol–water partition coefficient (Wildman–Crippen LogP) is 0.554. The van der Waals surface area contributed by atoms with Crippen molar-refractivity contribution >= 4 is 11.9 Å². The lowest BCUT2D eigenvalue weighted by molar-refractivity contribution is -0.148. The van der Waals surface area contributed by atoms with E-state index in [9.17, 15) is 23.5 Å². The SMILES string of the molecule is O=C(O)[C@@H]1C[C@H](O)CN1C(=O)Cc1c(F)cccc1F. The monoisotopic (exact) mass is 285 g/mol. The van der Waals surface area contributed by atoms with Crippen LogP contribution in [0.25, 0.3) is 0 Å². The number of aliphatic hydroxyl groups is 1. The molecular formula is C13H13F2NO4. The fraction of sp³-hybridized carbons (Fsp3) is 0.385. The van der Waals surface area contributed by atoms with Gasteiger partial charge in [-0.15, -0.1) is 0 Å². The van der Waals surface area contributed by atoms with E-state index in [-0.39, 0.29) is 13.0 Å². The van der Waals surface area contributed by atoms with Gasteiger partial charge in [0, 0.05) is 18.5 Å². The van der Waals surface area contributed by atoms with Gasteiger partial charge in [-0.2, -0.15) is 0 Å². The highest BCUT2D eigenvalue weighted by Crippen LogP contribution is 2.21. The van der Waals surface area contributed by atoms with Crippen LogP contribution >= 0.6 is 0 Å². The molecule has 0 unspecified atom stereocenters. The number of carbonyl (C=O) groups is 2. The lowest BCUT2D eigenvalue weighted by atomic mass is 10.1. The molecule has 7 heteroatoms. The van der Waals surface area contributed by atoms with Gasteiger partial charge < -0.3 is 15.1 Å². The molecule has 1 aliphatic rings. The largest absolute Gasteiger partial charge is 0.480 e. The van der Waals surface area contributed by atoms with E-state index in [1.807, 2.05) is 0 Å². The van der Waals surface area contributed by atoms with Crippen LogP contribution < -0.4 is 0 Å². The maximum absolute atomic E-state index is 13.5. The summed E-state index contributed by atoms with van der Waals surface area (Å²) in [6, 6.07) is 2.07. The zero-order valence-corrected chi connectivity index (χ0v) is 10.4. The minimum absolute atomic E-state index is 0.0825. The van der Waals surface area contributed by atoms with Crippen LogP contribution in [0.2, 0.25) is 0 Å². The Balaban J connectivity index is 2.18. The number of halogens is 2. The van der Waals surface area contributed by atoms with Gasteiger partial charge >= 0.3 is 5.97 Å². The second kappa shape index (κ2) is 5.54. The molecule has 0 spiro atoms. The Morgan fingerprint density at radius 3 is 2.45 bits per heavy atom. The van der Waals surface area contributed by atoms with Gasteiger partial charge in [-0.3, -0.25) is 4.79 Å². The summed E-state index contributed by atoms with van der Waals surface area (Å²) >= 11 is 0. The molecular weight excluding hydrogens is 272 g/mol. The molecule has 0 saturated carbocycles. The first-order valence-electron chi connectivity index (χ1n) is 6.03. The Morgan fingerprint density at radius 1 is 1.30 bits per heavy atom. The van der Waals surface area contributed by atoms with Crippen molar-refractivity contribution in [2.45, 2.75) is 25.0 Å². The summed E-state index contributed by atoms with van der Waals surface area (Å²) in [5.74, 6) is -3.68. The molecule has 0 aliphatic carbocycles. The van der Waals surface area contributed by atoms with Gasteiger partial charge in [-0.25, -0.2) is 13.6 Å². The Kier molecular flexibility index (Phi) is 3.99. The molecule has 1 aromatic carbocycles. The molecule has 1 saturated heterocycles. The summed E-state index contributed by atoms with van der Waals surface area (Å²) in [5, 5.41) is 18.4. The number of carboxylic acid groups (broad SMARTS) is 1. The summed E-state index contributed by atoms with van der Waals surface area (Å²) in [7, 11) is 0. The lowest BCUT2D eigenvalue weighted by Gasteiger charge is -2.21. The molecule has 2 N–H and O–H groups in total. The normalized spacial score (nSPS) is 22.1. The minimum atomic E-state index is -1.25. The molecule has 2 rings (SSSR count). The molecule has 2 atom stereocenters. The summed E-state index contributed by atoms with van der Waals surface area (Å²) in [5.41, 5.74) is -0.400. The van der Waals surface area contributed by atoms with E-state index in [2.05, 4.69) is 0 Å². The topological polar surface area (TPSA) is 77.8 Å². The highest BCUT2D eigenvalue weighted by Gasteiger charge is 2.39. The van der Waals surface area contributed by atoms with Crippen LogP contribution in [0.3, 0.4) is 0 Å². The summed E-state index contributed by atoms with van der Waals surface area (Å²) in [4.78, 5) is 23.9. The highest BCUT2D eigenvalue weighted by molar-refractivity contribution is 5.85. The zero-order chi connectivity index (χ0) is 14.9. The molecule has 1 aliphatic heterocycles. The maximum atomic E-state index is 13.5. The highest BCUT2D eigenvalue weighted by atomic mass is 19.1. The summed E-state index contributed by atoms with van der Waals surface area (Å²) < 4.78 is 26.9. The summed E-state index contributed by atoms with van der Waals surface area (Å²) in [6.45, 7) is -0.147. The van der Waals surface area contributed by atoms with E-state index < -0.39 is 47.6 Å². The van der Waals surface area contributed by atoms with E-state index in [4.69, 9.17) is 5.11 Å². The first kappa shape index (κ1) is 14.4. The third kappa shape index (κ3) is 2.77. The van der Waals surface area contributed by atoms with Crippen LogP contribution in [0, 0.1) is 11.6 Å². The number of benzene rings is 1. The molecule has 0 bridgehead atoms. The number of likely N-dealkylation sites (tertiary alicyclic amines) is 1. The van der Waals surface area contributed by atoms with Crippen LogP contribution in [0.4, 0.5) is 8.78 Å². The Hall–Kier alpha value is -2.02. The number of rotatable bonds is 3. The molecule has 20 heavy (non-hydrogen) atoms. The van der Waals surface area contributed by atoms with E-state index in [1.165, 1.54) is 6.07 Å². The van der Waals surface area contributed by atoms with Crippen LogP contribution in [0.5, 0.6) is 0 Å². The average molecular weight is 285 g/mol. The number of hydrogen-bond donors (Lipinski definition) is 2. The molecule has 1 aromatic rings. The van der Waals surface area contributed by atoms with Gasteiger partial charge in [0.25, 0.3) is 0 Å². The number of nitrogens with zero attached hydrogens (tertiary/aromatic N) is 1. The molecule has 1 amide bonds. The number of amides is 1. The molecule has 108 valence electrons. The van der Waals surface area contributed by atoms with E-state index in [0.29, 0.717) is 0 Å². The Morgan fingerprint density at radius 2 is 1.90 bits per heavy atom. The van der Waals surface area contributed by atoms with Crippen molar-refractivity contribution in [3.8, 4) is 0 Å². The fourth-order valence-corrected chi connectivity index (χ4v) is 2.28. The average Bonchev–Trinajstić information content (AvgIpc) is 2.76. The van der Waals surface area contributed by atoms with Crippen LogP contribution in [-0.2, 0) is 16.0 Å². The van der Waals surface area contributed by atoms with Gasteiger partial charge in [-0.1, -0.05) is 6.07 Å². The van der Waals surface area contributed by atoms with E-state index in [1.54, 1.807) is 0 Å². The van der Waals surface area contributed by atoms with E-state index in [0.717, 1.165) is 17.0 Å². The first-order valence-corrected chi connectivity index (χ1v) is 6.03. The number of aliphatic carboxylic acids is 1. The Bertz CT molecular complexity index is 529. The molecule has 0 aromatic heterocycles. The number of aliphatic hydroxyl groups excluding tert-OH is 1. The molecule has 0 radical (unpaired) electrons. The lowest BCUT2D eigenvalue weighted by Crippen LogP contribution is -2.41. The Labute approximate surface area is 113 Å². The van der Waals surface area contributed by atoms with Crippen molar-refractivity contribution in [2.75, 3.05) is 6.54 Å². The molecule has 5 nitrogen and oxygen atoms in total. The smallest absolute Gasteiger partial charge is 0.326 e. The number of hydrogen-bond acceptors (Lipinski definition) is 3. The van der Waals surface area contributed by atoms with Crippen LogP contribution in [0.1, 0.15) is 12.0 Å². The van der Waals surface area contributed by atoms with E-state index >= 15 is 0 Å². The predicted molar refractivity (Wildman–Crippen MR) is 63.8 cm³/mol. The molecule has 1 fully saturated rings. The van der Waals surface area contributed by atoms with Crippen molar-refractivity contribution < 1.29 is 28.6 Å². The second-order valence-corrected chi connectivity index (χ2v) is 4.67. The fourth-order valence-electron chi connectivity index (χ4n) is 2.28. The number of carbonyl (C=O) groups excluding carboxylic acids is 1. The minimum Gasteiger partial charge on any atom is -0.480 e. The number of β-amino-alcohol motifs (C(OH)–C–C–N with tert-alkyl or cyclic N) is 1.